The first-order valence-corrected chi connectivity index (χ1v) is 12.5. The van der Waals surface area contributed by atoms with E-state index in [2.05, 4.69) is 10.3 Å². The number of carbonyl (C=O) groups is 1. The summed E-state index contributed by atoms with van der Waals surface area (Å²) in [4.78, 5) is 29.4. The molecule has 2 heterocycles. The van der Waals surface area contributed by atoms with Crippen molar-refractivity contribution in [2.45, 2.75) is 58.8 Å². The predicted molar refractivity (Wildman–Crippen MR) is 141 cm³/mol. The maximum Gasteiger partial charge on any atom is 0.416 e. The second kappa shape index (κ2) is 12.4. The molecule has 0 saturated carbocycles. The number of nitrogens with one attached hydrogen (secondary N) is 1. The van der Waals surface area contributed by atoms with Gasteiger partial charge in [0.15, 0.2) is 0 Å². The summed E-state index contributed by atoms with van der Waals surface area (Å²) in [6.45, 7) is 8.26. The Labute approximate surface area is 220 Å². The van der Waals surface area contributed by atoms with E-state index in [-0.39, 0.29) is 18.9 Å². The van der Waals surface area contributed by atoms with Crippen molar-refractivity contribution in [3.8, 4) is 11.1 Å². The highest BCUT2D eigenvalue weighted by molar-refractivity contribution is 5.72. The summed E-state index contributed by atoms with van der Waals surface area (Å²) < 4.78 is 45.5. The van der Waals surface area contributed by atoms with Gasteiger partial charge >= 0.3 is 12.1 Å². The number of hydrogen-bond acceptors (Lipinski definition) is 5. The summed E-state index contributed by atoms with van der Waals surface area (Å²) in [5.41, 5.74) is 3.22. The van der Waals surface area contributed by atoms with Gasteiger partial charge in [0.2, 0.25) is 0 Å². The number of hydrogen-bond donors (Lipinski definition) is 1. The van der Waals surface area contributed by atoms with Crippen molar-refractivity contribution in [1.29, 1.82) is 0 Å². The second-order valence-corrected chi connectivity index (χ2v) is 9.96. The van der Waals surface area contributed by atoms with Crippen molar-refractivity contribution in [3.05, 3.63) is 87.6 Å². The number of pyridine rings is 2. The lowest BCUT2D eigenvalue weighted by molar-refractivity contribution is -0.141. The molecule has 0 fully saturated rings. The summed E-state index contributed by atoms with van der Waals surface area (Å²) in [7, 11) is 1.31. The first kappa shape index (κ1) is 29.1. The number of aromatic nitrogens is 2. The molecule has 1 N–H and O–H groups in total. The van der Waals surface area contributed by atoms with Gasteiger partial charge in [0.25, 0.3) is 5.56 Å². The van der Waals surface area contributed by atoms with Gasteiger partial charge in [-0.05, 0) is 60.6 Å². The number of ether oxygens (including phenoxy) is 1. The molecular formula is C29H34F3N3O3. The van der Waals surface area contributed by atoms with Crippen LogP contribution in [0.2, 0.25) is 0 Å². The van der Waals surface area contributed by atoms with Crippen molar-refractivity contribution in [2.24, 2.45) is 5.92 Å². The smallest absolute Gasteiger partial charge is 0.416 e. The highest BCUT2D eigenvalue weighted by Crippen LogP contribution is 2.30. The molecule has 0 saturated heterocycles. The maximum atomic E-state index is 13.1. The van der Waals surface area contributed by atoms with Gasteiger partial charge < -0.3 is 14.6 Å². The van der Waals surface area contributed by atoms with E-state index < -0.39 is 35.4 Å². The van der Waals surface area contributed by atoms with Crippen molar-refractivity contribution in [2.75, 3.05) is 13.7 Å². The monoisotopic (exact) mass is 529 g/mol. The fourth-order valence-electron chi connectivity index (χ4n) is 4.70. The van der Waals surface area contributed by atoms with Crippen molar-refractivity contribution in [1.82, 2.24) is 14.9 Å². The Morgan fingerprint density at radius 3 is 2.37 bits per heavy atom. The Morgan fingerprint density at radius 1 is 1.11 bits per heavy atom. The van der Waals surface area contributed by atoms with E-state index in [4.69, 9.17) is 4.74 Å². The zero-order valence-electron chi connectivity index (χ0n) is 22.3. The summed E-state index contributed by atoms with van der Waals surface area (Å²) in [6.07, 6.45) is 0.618. The summed E-state index contributed by atoms with van der Waals surface area (Å²) in [5.74, 6) is -0.254. The zero-order chi connectivity index (χ0) is 28.0. The minimum atomic E-state index is -4.59. The van der Waals surface area contributed by atoms with E-state index >= 15 is 0 Å². The van der Waals surface area contributed by atoms with Crippen molar-refractivity contribution < 1.29 is 22.7 Å². The predicted octanol–water partition coefficient (Wildman–Crippen LogP) is 6.03. The third-order valence-corrected chi connectivity index (χ3v) is 6.54. The Kier molecular flexibility index (Phi) is 9.49. The van der Waals surface area contributed by atoms with Crippen molar-refractivity contribution in [3.63, 3.8) is 0 Å². The molecule has 3 aromatic rings. The zero-order valence-corrected chi connectivity index (χ0v) is 22.3. The third-order valence-electron chi connectivity index (χ3n) is 6.54. The van der Waals surface area contributed by atoms with Gasteiger partial charge in [0.05, 0.1) is 19.1 Å². The first-order chi connectivity index (χ1) is 17.9. The lowest BCUT2D eigenvalue weighted by Gasteiger charge is -2.26. The van der Waals surface area contributed by atoms with E-state index in [0.29, 0.717) is 12.5 Å². The fourth-order valence-corrected chi connectivity index (χ4v) is 4.70. The molecule has 0 aliphatic heterocycles. The molecule has 3 rings (SSSR count). The summed E-state index contributed by atoms with van der Waals surface area (Å²) in [6, 6.07) is 8.64. The lowest BCUT2D eigenvalue weighted by Crippen LogP contribution is -2.35. The van der Waals surface area contributed by atoms with Crippen molar-refractivity contribution >= 4 is 5.97 Å². The molecule has 0 aliphatic carbocycles. The number of esters is 1. The molecule has 38 heavy (non-hydrogen) atoms. The highest BCUT2D eigenvalue weighted by Gasteiger charge is 2.31. The molecule has 2 atom stereocenters. The number of aryl methyl sites for hydroxylation is 2. The van der Waals surface area contributed by atoms with Gasteiger partial charge in [0, 0.05) is 48.8 Å². The number of methoxy groups -OCH3 is 1. The summed E-state index contributed by atoms with van der Waals surface area (Å²) in [5, 5.41) is 3.36. The van der Waals surface area contributed by atoms with E-state index in [1.165, 1.54) is 17.9 Å². The number of halogens is 3. The molecule has 204 valence electrons. The number of rotatable bonds is 10. The minimum Gasteiger partial charge on any atom is -0.469 e. The summed E-state index contributed by atoms with van der Waals surface area (Å²) >= 11 is 0. The maximum absolute atomic E-state index is 13.1. The van der Waals surface area contributed by atoms with E-state index in [1.807, 2.05) is 52.0 Å². The van der Waals surface area contributed by atoms with Crippen LogP contribution < -0.4 is 10.9 Å². The number of nitrogens with zero attached hydrogens (tertiary/aromatic N) is 2. The molecule has 0 bridgehead atoms. The lowest BCUT2D eigenvalue weighted by atomic mass is 9.94. The fraction of sp³-hybridized carbons (Fsp3) is 0.414. The first-order valence-electron chi connectivity index (χ1n) is 12.5. The molecule has 9 heteroatoms. The SMILES string of the molecule is COC(=O)C[C@H](NC[C@H](CC(C)C)n1ccc(C(F)(F)F)cc1=O)c1cncc(-c2c(C)cccc2C)c1. The van der Waals surface area contributed by atoms with E-state index in [9.17, 15) is 22.8 Å². The standard InChI is InChI=1S/C29H34F3N3O3/c1-18(2)11-24(35-10-9-23(13-26(35)36)29(30,31)32)17-34-25(14-27(37)38-5)21-12-22(16-33-15-21)28-19(3)7-6-8-20(28)4/h6-10,12-13,15-16,18,24-25,34H,11,14,17H2,1-5H3/t24-,25-/m0/s1. The van der Waals surface area contributed by atoms with Gasteiger partial charge in [-0.3, -0.25) is 14.6 Å². The number of alkyl halides is 3. The van der Waals surface area contributed by atoms with Crippen LogP contribution in [0.4, 0.5) is 13.2 Å². The van der Waals surface area contributed by atoms with Crippen LogP contribution in [0.1, 0.15) is 61.0 Å². The van der Waals surface area contributed by atoms with Gasteiger partial charge in [-0.2, -0.15) is 13.2 Å². The topological polar surface area (TPSA) is 73.2 Å². The number of benzene rings is 1. The highest BCUT2D eigenvalue weighted by atomic mass is 19.4. The quantitative estimate of drug-likeness (QED) is 0.325. The molecule has 2 aromatic heterocycles. The van der Waals surface area contributed by atoms with Crippen LogP contribution in [-0.2, 0) is 15.7 Å². The van der Waals surface area contributed by atoms with Crippen LogP contribution in [0.5, 0.6) is 0 Å². The third kappa shape index (κ3) is 7.31. The largest absolute Gasteiger partial charge is 0.469 e. The van der Waals surface area contributed by atoms with Gasteiger partial charge in [-0.25, -0.2) is 0 Å². The molecular weight excluding hydrogens is 495 g/mol. The Morgan fingerprint density at radius 2 is 1.79 bits per heavy atom. The molecule has 0 spiro atoms. The molecule has 0 amide bonds. The van der Waals surface area contributed by atoms with Crippen LogP contribution in [0.15, 0.2) is 59.8 Å². The number of carbonyl (C=O) groups excluding carboxylic acids is 1. The molecule has 0 aliphatic rings. The minimum absolute atomic E-state index is 0.0185. The van der Waals surface area contributed by atoms with Crippen LogP contribution in [0, 0.1) is 19.8 Å². The van der Waals surface area contributed by atoms with Crippen LogP contribution in [0.3, 0.4) is 0 Å². The molecule has 1 aromatic carbocycles. The Hall–Kier alpha value is -3.46. The van der Waals surface area contributed by atoms with Crippen LogP contribution >= 0.6 is 0 Å². The normalized spacial score (nSPS) is 13.4. The second-order valence-electron chi connectivity index (χ2n) is 9.96. The molecule has 0 unspecified atom stereocenters. The molecule has 0 radical (unpaired) electrons. The van der Waals surface area contributed by atoms with Gasteiger partial charge in [-0.1, -0.05) is 32.0 Å². The average Bonchev–Trinajstić information content (AvgIpc) is 2.85. The Balaban J connectivity index is 1.94. The van der Waals surface area contributed by atoms with E-state index in [0.717, 1.165) is 33.9 Å². The Bertz CT molecular complexity index is 1300. The average molecular weight is 530 g/mol. The van der Waals surface area contributed by atoms with Gasteiger partial charge in [-0.15, -0.1) is 0 Å². The molecule has 6 nitrogen and oxygen atoms in total. The van der Waals surface area contributed by atoms with Crippen LogP contribution in [0.25, 0.3) is 11.1 Å². The van der Waals surface area contributed by atoms with Gasteiger partial charge in [0.1, 0.15) is 0 Å². The van der Waals surface area contributed by atoms with Crippen LogP contribution in [-0.4, -0.2) is 29.2 Å². The van der Waals surface area contributed by atoms with E-state index in [1.54, 1.807) is 12.4 Å².